The van der Waals surface area contributed by atoms with E-state index in [0.29, 0.717) is 13.1 Å². The Morgan fingerprint density at radius 1 is 1.00 bits per heavy atom. The van der Waals surface area contributed by atoms with E-state index in [1.807, 2.05) is 71.1 Å². The molecule has 1 fully saturated rings. The van der Waals surface area contributed by atoms with Gasteiger partial charge in [-0.2, -0.15) is 0 Å². The molecule has 3 heterocycles. The third kappa shape index (κ3) is 3.66. The summed E-state index contributed by atoms with van der Waals surface area (Å²) in [6.45, 7) is 2.79. The van der Waals surface area contributed by atoms with Gasteiger partial charge in [-0.15, -0.1) is 10.2 Å². The topological polar surface area (TPSA) is 70.4 Å². The summed E-state index contributed by atoms with van der Waals surface area (Å²) >= 11 is 0. The fourth-order valence-corrected chi connectivity index (χ4v) is 3.26. The molecule has 1 aliphatic rings. The van der Waals surface area contributed by atoms with Crippen LogP contribution in [0.3, 0.4) is 0 Å². The summed E-state index contributed by atoms with van der Waals surface area (Å²) in [4.78, 5) is 22.9. The molecule has 8 heteroatoms. The molecule has 0 radical (unpaired) electrons. The molecular formula is C20H23N7O. The summed E-state index contributed by atoms with van der Waals surface area (Å²) in [5.41, 5.74) is 1.75. The zero-order valence-corrected chi connectivity index (χ0v) is 16.1. The van der Waals surface area contributed by atoms with Crippen molar-refractivity contribution in [2.45, 2.75) is 0 Å². The number of benzene rings is 1. The molecule has 28 heavy (non-hydrogen) atoms. The minimum absolute atomic E-state index is 0.0740. The maximum absolute atomic E-state index is 12.8. The average molecular weight is 377 g/mol. The molecule has 1 aromatic carbocycles. The Kier molecular flexibility index (Phi) is 4.92. The average Bonchev–Trinajstić information content (AvgIpc) is 3.28. The first-order chi connectivity index (χ1) is 13.6. The van der Waals surface area contributed by atoms with Crippen molar-refractivity contribution < 1.29 is 4.79 Å². The molecule has 0 saturated carbocycles. The lowest BCUT2D eigenvalue weighted by Gasteiger charge is -2.35. The molecular weight excluding hydrogens is 354 g/mol. The number of hydrogen-bond acceptors (Lipinski definition) is 6. The Hall–Kier alpha value is -3.42. The van der Waals surface area contributed by atoms with Crippen LogP contribution in [0.4, 0.5) is 11.5 Å². The van der Waals surface area contributed by atoms with Crippen LogP contribution >= 0.6 is 0 Å². The molecule has 0 N–H and O–H groups in total. The summed E-state index contributed by atoms with van der Waals surface area (Å²) < 4.78 is 1.81. The smallest absolute Gasteiger partial charge is 0.254 e. The summed E-state index contributed by atoms with van der Waals surface area (Å²) in [6, 6.07) is 11.6. The number of carbonyl (C=O) groups is 1. The Morgan fingerprint density at radius 3 is 2.39 bits per heavy atom. The van der Waals surface area contributed by atoms with Crippen molar-refractivity contribution in [3.05, 3.63) is 60.7 Å². The van der Waals surface area contributed by atoms with Gasteiger partial charge in [0, 0.05) is 63.9 Å². The second-order valence-electron chi connectivity index (χ2n) is 6.94. The van der Waals surface area contributed by atoms with Crippen LogP contribution in [0, 0.1) is 0 Å². The monoisotopic (exact) mass is 377 g/mol. The summed E-state index contributed by atoms with van der Waals surface area (Å²) in [5, 5.41) is 8.61. The Labute approximate surface area is 164 Å². The Balaban J connectivity index is 1.39. The van der Waals surface area contributed by atoms with Crippen LogP contribution in [0.5, 0.6) is 0 Å². The van der Waals surface area contributed by atoms with Crippen molar-refractivity contribution in [3.63, 3.8) is 0 Å². The second kappa shape index (κ2) is 7.67. The van der Waals surface area contributed by atoms with Crippen molar-refractivity contribution in [2.24, 2.45) is 0 Å². The lowest BCUT2D eigenvalue weighted by atomic mass is 10.1. The molecule has 144 valence electrons. The molecule has 4 rings (SSSR count). The van der Waals surface area contributed by atoms with Crippen molar-refractivity contribution >= 4 is 17.4 Å². The van der Waals surface area contributed by atoms with Gasteiger partial charge in [-0.3, -0.25) is 9.36 Å². The zero-order valence-electron chi connectivity index (χ0n) is 16.1. The van der Waals surface area contributed by atoms with Crippen molar-refractivity contribution in [1.29, 1.82) is 0 Å². The Bertz CT molecular complexity index is 929. The van der Waals surface area contributed by atoms with Gasteiger partial charge >= 0.3 is 0 Å². The van der Waals surface area contributed by atoms with Crippen LogP contribution in [-0.4, -0.2) is 70.8 Å². The molecule has 0 unspecified atom stereocenters. The minimum atomic E-state index is 0.0740. The van der Waals surface area contributed by atoms with Crippen molar-refractivity contribution in [2.75, 3.05) is 50.1 Å². The first-order valence-corrected chi connectivity index (χ1v) is 9.25. The number of anilines is 2. The fraction of sp³-hybridized carbons (Fsp3) is 0.300. The number of amides is 1. The van der Waals surface area contributed by atoms with Crippen LogP contribution < -0.4 is 9.80 Å². The highest BCUT2D eigenvalue weighted by atomic mass is 16.2. The van der Waals surface area contributed by atoms with Gasteiger partial charge in [0.15, 0.2) is 11.6 Å². The number of hydrogen-bond donors (Lipinski definition) is 0. The first kappa shape index (κ1) is 18.0. The molecule has 8 nitrogen and oxygen atoms in total. The van der Waals surface area contributed by atoms with Crippen LogP contribution in [0.1, 0.15) is 10.4 Å². The number of carbonyl (C=O) groups excluding carboxylic acids is 1. The predicted molar refractivity (Wildman–Crippen MR) is 108 cm³/mol. The molecule has 0 aliphatic carbocycles. The highest BCUT2D eigenvalue weighted by molar-refractivity contribution is 5.95. The maximum atomic E-state index is 12.8. The summed E-state index contributed by atoms with van der Waals surface area (Å²) in [5.74, 6) is 1.63. The molecule has 0 bridgehead atoms. The Morgan fingerprint density at radius 2 is 1.75 bits per heavy atom. The predicted octanol–water partition coefficient (Wildman–Crippen LogP) is 1.69. The van der Waals surface area contributed by atoms with Gasteiger partial charge in [0.25, 0.3) is 5.91 Å². The van der Waals surface area contributed by atoms with Gasteiger partial charge in [0.2, 0.25) is 0 Å². The van der Waals surface area contributed by atoms with E-state index >= 15 is 0 Å². The van der Waals surface area contributed by atoms with E-state index in [1.54, 1.807) is 12.5 Å². The van der Waals surface area contributed by atoms with Gasteiger partial charge in [-0.05, 0) is 30.3 Å². The van der Waals surface area contributed by atoms with E-state index in [0.717, 1.165) is 36.0 Å². The molecule has 1 amide bonds. The quantitative estimate of drug-likeness (QED) is 0.689. The van der Waals surface area contributed by atoms with Crippen molar-refractivity contribution in [1.82, 2.24) is 24.6 Å². The van der Waals surface area contributed by atoms with Crippen LogP contribution in [-0.2, 0) is 0 Å². The molecule has 1 aliphatic heterocycles. The van der Waals surface area contributed by atoms with E-state index < -0.39 is 0 Å². The second-order valence-corrected chi connectivity index (χ2v) is 6.94. The minimum Gasteiger partial charge on any atom is -0.378 e. The third-order valence-electron chi connectivity index (χ3n) is 4.91. The van der Waals surface area contributed by atoms with Crippen LogP contribution in [0.15, 0.2) is 55.1 Å². The largest absolute Gasteiger partial charge is 0.378 e. The molecule has 1 saturated heterocycles. The standard InChI is InChI=1S/C20H23N7O/c1-24(2)17-5-3-4-16(14-17)20(28)26-12-10-25(11-13-26)18-6-7-19(23-22-18)27-9-8-21-15-27/h3-9,14-15H,10-13H2,1-2H3. The fourth-order valence-electron chi connectivity index (χ4n) is 3.26. The van der Waals surface area contributed by atoms with Gasteiger partial charge in [0.1, 0.15) is 6.33 Å². The molecule has 2 aromatic heterocycles. The van der Waals surface area contributed by atoms with Crippen molar-refractivity contribution in [3.8, 4) is 5.82 Å². The van der Waals surface area contributed by atoms with Crippen LogP contribution in [0.25, 0.3) is 5.82 Å². The van der Waals surface area contributed by atoms with E-state index in [1.165, 1.54) is 0 Å². The van der Waals surface area contributed by atoms with Gasteiger partial charge in [-0.25, -0.2) is 4.98 Å². The SMILES string of the molecule is CN(C)c1cccc(C(=O)N2CCN(c3ccc(-n4ccnc4)nn3)CC2)c1. The maximum Gasteiger partial charge on any atom is 0.254 e. The lowest BCUT2D eigenvalue weighted by Crippen LogP contribution is -2.49. The van der Waals surface area contributed by atoms with E-state index in [2.05, 4.69) is 20.1 Å². The summed E-state index contributed by atoms with van der Waals surface area (Å²) in [6.07, 6.45) is 5.23. The van der Waals surface area contributed by atoms with E-state index in [4.69, 9.17) is 0 Å². The molecule has 3 aromatic rings. The van der Waals surface area contributed by atoms with E-state index in [9.17, 15) is 4.79 Å². The normalized spacial score (nSPS) is 14.2. The number of imidazole rings is 1. The summed E-state index contributed by atoms with van der Waals surface area (Å²) in [7, 11) is 3.95. The molecule has 0 spiro atoms. The molecule has 0 atom stereocenters. The van der Waals surface area contributed by atoms with Gasteiger partial charge < -0.3 is 14.7 Å². The number of piperazine rings is 1. The zero-order chi connectivity index (χ0) is 19.5. The highest BCUT2D eigenvalue weighted by Crippen LogP contribution is 2.18. The van der Waals surface area contributed by atoms with Crippen LogP contribution in [0.2, 0.25) is 0 Å². The van der Waals surface area contributed by atoms with Gasteiger partial charge in [0.05, 0.1) is 0 Å². The van der Waals surface area contributed by atoms with E-state index in [-0.39, 0.29) is 5.91 Å². The van der Waals surface area contributed by atoms with Gasteiger partial charge in [-0.1, -0.05) is 6.07 Å². The lowest BCUT2D eigenvalue weighted by molar-refractivity contribution is 0.0746. The number of rotatable bonds is 4. The third-order valence-corrected chi connectivity index (χ3v) is 4.91. The number of nitrogens with zero attached hydrogens (tertiary/aromatic N) is 7. The first-order valence-electron chi connectivity index (χ1n) is 9.25. The highest BCUT2D eigenvalue weighted by Gasteiger charge is 2.23. The number of aromatic nitrogens is 4.